The van der Waals surface area contributed by atoms with Crippen molar-refractivity contribution in [3.8, 4) is 22.1 Å². The Morgan fingerprint density at radius 1 is 1.17 bits per heavy atom. The second-order valence-electron chi connectivity index (χ2n) is 6.43. The van der Waals surface area contributed by atoms with Gasteiger partial charge in [0.1, 0.15) is 6.61 Å². The van der Waals surface area contributed by atoms with Crippen LogP contribution in [0.25, 0.3) is 16.9 Å². The summed E-state index contributed by atoms with van der Waals surface area (Å²) in [5.74, 6) is 0. The predicted molar refractivity (Wildman–Crippen MR) is 110 cm³/mol. The van der Waals surface area contributed by atoms with Crippen LogP contribution in [0.5, 0.6) is 5.19 Å². The van der Waals surface area contributed by atoms with Gasteiger partial charge in [-0.05, 0) is 35.0 Å². The van der Waals surface area contributed by atoms with Crippen LogP contribution in [-0.2, 0) is 13.7 Å². The normalized spacial score (nSPS) is 10.9. The molecule has 152 valence electrons. The lowest BCUT2D eigenvalue weighted by molar-refractivity contribution is -0.384. The summed E-state index contributed by atoms with van der Waals surface area (Å²) in [5.41, 5.74) is 2.77. The summed E-state index contributed by atoms with van der Waals surface area (Å²) in [5, 5.41) is 21.0. The van der Waals surface area contributed by atoms with E-state index in [1.54, 1.807) is 29.6 Å². The standard InChI is InChI=1S/C19H16N6O4S/c1-12-6-5-9-16(24-19(26)23(2)21-22-24)14(12)10-29-18-20-15(11-30-18)13-7-3-4-8-17(13)25(27)28/h3-9,11H,10H2,1-2H3. The van der Waals surface area contributed by atoms with Crippen molar-refractivity contribution in [3.05, 3.63) is 79.6 Å². The average molecular weight is 424 g/mol. The van der Waals surface area contributed by atoms with Gasteiger partial charge in [-0.25, -0.2) is 9.78 Å². The van der Waals surface area contributed by atoms with Crippen LogP contribution < -0.4 is 10.4 Å². The lowest BCUT2D eigenvalue weighted by Crippen LogP contribution is -2.23. The van der Waals surface area contributed by atoms with Gasteiger partial charge in [0, 0.05) is 24.1 Å². The van der Waals surface area contributed by atoms with Gasteiger partial charge in [0.25, 0.3) is 10.9 Å². The summed E-state index contributed by atoms with van der Waals surface area (Å²) in [6.07, 6.45) is 0. The highest BCUT2D eigenvalue weighted by Crippen LogP contribution is 2.33. The number of nitro groups is 1. The second-order valence-corrected chi connectivity index (χ2v) is 7.25. The van der Waals surface area contributed by atoms with Crippen molar-refractivity contribution < 1.29 is 9.66 Å². The Labute approximate surface area is 174 Å². The summed E-state index contributed by atoms with van der Waals surface area (Å²) >= 11 is 1.24. The van der Waals surface area contributed by atoms with E-state index in [1.165, 1.54) is 29.1 Å². The summed E-state index contributed by atoms with van der Waals surface area (Å²) < 4.78 is 8.21. The van der Waals surface area contributed by atoms with Crippen molar-refractivity contribution >= 4 is 17.0 Å². The van der Waals surface area contributed by atoms with Gasteiger partial charge in [-0.2, -0.15) is 9.36 Å². The van der Waals surface area contributed by atoms with Gasteiger partial charge in [-0.3, -0.25) is 10.1 Å². The number of aryl methyl sites for hydroxylation is 2. The van der Waals surface area contributed by atoms with Crippen LogP contribution >= 0.6 is 11.3 Å². The Morgan fingerprint density at radius 2 is 1.97 bits per heavy atom. The first-order chi connectivity index (χ1) is 14.5. The van der Waals surface area contributed by atoms with Gasteiger partial charge in [0.2, 0.25) is 0 Å². The van der Waals surface area contributed by atoms with Crippen molar-refractivity contribution in [2.75, 3.05) is 0 Å². The first-order valence-corrected chi connectivity index (χ1v) is 9.73. The number of aromatic nitrogens is 5. The zero-order chi connectivity index (χ0) is 21.3. The molecule has 0 saturated heterocycles. The number of nitro benzene ring substituents is 1. The minimum atomic E-state index is -0.437. The third-order valence-electron chi connectivity index (χ3n) is 4.54. The molecule has 4 aromatic rings. The minimum Gasteiger partial charge on any atom is -0.465 e. The molecule has 2 aromatic heterocycles. The summed E-state index contributed by atoms with van der Waals surface area (Å²) in [6, 6.07) is 11.9. The van der Waals surface area contributed by atoms with E-state index in [4.69, 9.17) is 4.74 Å². The number of tetrazole rings is 1. The molecule has 0 unspecified atom stereocenters. The van der Waals surface area contributed by atoms with Crippen molar-refractivity contribution in [1.82, 2.24) is 24.8 Å². The fourth-order valence-electron chi connectivity index (χ4n) is 2.97. The maximum atomic E-state index is 12.2. The van der Waals surface area contributed by atoms with Gasteiger partial charge in [0.15, 0.2) is 0 Å². The van der Waals surface area contributed by atoms with E-state index in [2.05, 4.69) is 15.4 Å². The van der Waals surface area contributed by atoms with Gasteiger partial charge in [-0.15, -0.1) is 0 Å². The number of thiazole rings is 1. The summed E-state index contributed by atoms with van der Waals surface area (Å²) in [6.45, 7) is 2.05. The van der Waals surface area contributed by atoms with E-state index in [0.29, 0.717) is 22.1 Å². The van der Waals surface area contributed by atoms with Crippen LogP contribution in [0, 0.1) is 17.0 Å². The molecule has 0 spiro atoms. The van der Waals surface area contributed by atoms with E-state index in [0.717, 1.165) is 15.8 Å². The van der Waals surface area contributed by atoms with Crippen molar-refractivity contribution in [1.29, 1.82) is 0 Å². The molecule has 0 fully saturated rings. The molecule has 10 nitrogen and oxygen atoms in total. The van der Waals surface area contributed by atoms with Crippen molar-refractivity contribution in [2.24, 2.45) is 7.05 Å². The molecule has 0 radical (unpaired) electrons. The van der Waals surface area contributed by atoms with E-state index in [-0.39, 0.29) is 18.0 Å². The quantitative estimate of drug-likeness (QED) is 0.345. The van der Waals surface area contributed by atoms with E-state index in [9.17, 15) is 14.9 Å². The smallest absolute Gasteiger partial charge is 0.368 e. The molecule has 11 heteroatoms. The number of hydrogen-bond donors (Lipinski definition) is 0. The maximum Gasteiger partial charge on any atom is 0.368 e. The molecule has 0 aliphatic rings. The topological polar surface area (TPSA) is 118 Å². The molecule has 0 N–H and O–H groups in total. The Bertz CT molecular complexity index is 1290. The fraction of sp³-hybridized carbons (Fsp3) is 0.158. The molecule has 0 amide bonds. The van der Waals surface area contributed by atoms with Crippen molar-refractivity contribution in [3.63, 3.8) is 0 Å². The van der Waals surface area contributed by atoms with Crippen LogP contribution in [0.3, 0.4) is 0 Å². The number of rotatable bonds is 6. The van der Waals surface area contributed by atoms with E-state index >= 15 is 0 Å². The zero-order valence-electron chi connectivity index (χ0n) is 16.1. The third-order valence-corrected chi connectivity index (χ3v) is 5.29. The van der Waals surface area contributed by atoms with Crippen LogP contribution in [0.2, 0.25) is 0 Å². The van der Waals surface area contributed by atoms with Crippen molar-refractivity contribution in [2.45, 2.75) is 13.5 Å². The number of hydrogen-bond acceptors (Lipinski definition) is 8. The first-order valence-electron chi connectivity index (χ1n) is 8.85. The molecule has 4 rings (SSSR count). The SMILES string of the molecule is Cc1cccc(-n2nnn(C)c2=O)c1COc1nc(-c2ccccc2[N+](=O)[O-])cs1. The van der Waals surface area contributed by atoms with E-state index < -0.39 is 4.92 Å². The third kappa shape index (κ3) is 3.57. The average Bonchev–Trinajstić information content (AvgIpc) is 3.34. The second kappa shape index (κ2) is 7.87. The lowest BCUT2D eigenvalue weighted by atomic mass is 10.1. The Morgan fingerprint density at radius 3 is 2.70 bits per heavy atom. The fourth-order valence-corrected chi connectivity index (χ4v) is 3.64. The molecule has 0 aliphatic carbocycles. The Kier molecular flexibility index (Phi) is 5.11. The molecule has 2 aromatic carbocycles. The van der Waals surface area contributed by atoms with Crippen LogP contribution in [0.4, 0.5) is 5.69 Å². The molecule has 30 heavy (non-hydrogen) atoms. The number of ether oxygens (including phenoxy) is 1. The molecule has 0 atom stereocenters. The van der Waals surface area contributed by atoms with E-state index in [1.807, 2.05) is 19.1 Å². The number of benzene rings is 2. The first kappa shape index (κ1) is 19.5. The highest BCUT2D eigenvalue weighted by Gasteiger charge is 2.18. The minimum absolute atomic E-state index is 0.0161. The van der Waals surface area contributed by atoms with Gasteiger partial charge >= 0.3 is 5.69 Å². The maximum absolute atomic E-state index is 12.2. The Balaban J connectivity index is 1.61. The zero-order valence-corrected chi connectivity index (χ0v) is 16.9. The van der Waals surface area contributed by atoms with Gasteiger partial charge < -0.3 is 4.74 Å². The molecule has 0 saturated carbocycles. The number of para-hydroxylation sites is 1. The van der Waals surface area contributed by atoms with Crippen LogP contribution in [0.1, 0.15) is 11.1 Å². The molecular formula is C19H16N6O4S. The molecule has 2 heterocycles. The number of nitrogens with zero attached hydrogens (tertiary/aromatic N) is 6. The molecule has 0 bridgehead atoms. The van der Waals surface area contributed by atoms with Gasteiger partial charge in [-0.1, -0.05) is 35.6 Å². The summed E-state index contributed by atoms with van der Waals surface area (Å²) in [4.78, 5) is 27.5. The van der Waals surface area contributed by atoms with Gasteiger partial charge in [0.05, 0.1) is 21.9 Å². The molecular weight excluding hydrogens is 408 g/mol. The lowest BCUT2D eigenvalue weighted by Gasteiger charge is -2.11. The highest BCUT2D eigenvalue weighted by atomic mass is 32.1. The van der Waals surface area contributed by atoms with Crippen LogP contribution in [-0.4, -0.2) is 29.7 Å². The van der Waals surface area contributed by atoms with Crippen LogP contribution in [0.15, 0.2) is 52.6 Å². The predicted octanol–water partition coefficient (Wildman–Crippen LogP) is 2.89. The monoisotopic (exact) mass is 424 g/mol. The summed E-state index contributed by atoms with van der Waals surface area (Å²) in [7, 11) is 1.53. The molecule has 0 aliphatic heterocycles. The highest BCUT2D eigenvalue weighted by molar-refractivity contribution is 7.11. The Hall–Kier alpha value is -3.86. The largest absolute Gasteiger partial charge is 0.465 e.